The predicted octanol–water partition coefficient (Wildman–Crippen LogP) is 4.12. The van der Waals surface area contributed by atoms with Crippen molar-refractivity contribution in [2.45, 2.75) is 13.5 Å². The van der Waals surface area contributed by atoms with Gasteiger partial charge in [-0.2, -0.15) is 5.26 Å². The third-order valence-corrected chi connectivity index (χ3v) is 4.17. The fourth-order valence-electron chi connectivity index (χ4n) is 2.88. The van der Waals surface area contributed by atoms with Crippen molar-refractivity contribution in [2.24, 2.45) is 0 Å². The molecule has 3 rings (SSSR count). The first kappa shape index (κ1) is 17.9. The molecule has 0 saturated carbocycles. The van der Waals surface area contributed by atoms with Gasteiger partial charge in [0.05, 0.1) is 4.92 Å². The Morgan fingerprint density at radius 2 is 1.96 bits per heavy atom. The van der Waals surface area contributed by atoms with E-state index in [0.29, 0.717) is 0 Å². The zero-order chi connectivity index (χ0) is 19.4. The Balaban J connectivity index is 1.98. The Bertz CT molecular complexity index is 1110. The van der Waals surface area contributed by atoms with Crippen LogP contribution in [0, 0.1) is 21.4 Å². The van der Waals surface area contributed by atoms with Crippen molar-refractivity contribution in [1.82, 2.24) is 4.57 Å². The number of hydrogen-bond acceptors (Lipinski definition) is 4. The van der Waals surface area contributed by atoms with E-state index >= 15 is 0 Å². The predicted molar refractivity (Wildman–Crippen MR) is 103 cm³/mol. The van der Waals surface area contributed by atoms with Gasteiger partial charge < -0.3 is 9.88 Å². The summed E-state index contributed by atoms with van der Waals surface area (Å²) in [6.45, 7) is 2.75. The van der Waals surface area contributed by atoms with Crippen molar-refractivity contribution >= 4 is 34.3 Å². The molecule has 0 unspecified atom stereocenters. The van der Waals surface area contributed by atoms with Gasteiger partial charge in [-0.1, -0.05) is 30.3 Å². The summed E-state index contributed by atoms with van der Waals surface area (Å²) in [6.07, 6.45) is 3.37. The summed E-state index contributed by atoms with van der Waals surface area (Å²) < 4.78 is 2.02. The van der Waals surface area contributed by atoms with E-state index in [1.165, 1.54) is 24.3 Å². The lowest BCUT2D eigenvalue weighted by Gasteiger charge is -2.04. The number of anilines is 1. The van der Waals surface area contributed by atoms with Crippen molar-refractivity contribution in [3.8, 4) is 6.07 Å². The Kier molecular flexibility index (Phi) is 4.99. The van der Waals surface area contributed by atoms with Crippen LogP contribution in [0.15, 0.2) is 60.3 Å². The molecule has 0 spiro atoms. The van der Waals surface area contributed by atoms with Gasteiger partial charge in [0.15, 0.2) is 0 Å². The molecular weight excluding hydrogens is 344 g/mol. The highest BCUT2D eigenvalue weighted by molar-refractivity contribution is 6.11. The van der Waals surface area contributed by atoms with Crippen molar-refractivity contribution in [1.29, 1.82) is 5.26 Å². The van der Waals surface area contributed by atoms with Gasteiger partial charge in [0.1, 0.15) is 17.3 Å². The van der Waals surface area contributed by atoms with E-state index < -0.39 is 10.8 Å². The number of rotatable bonds is 5. The lowest BCUT2D eigenvalue weighted by molar-refractivity contribution is -0.383. The van der Waals surface area contributed by atoms with Gasteiger partial charge in [0, 0.05) is 35.3 Å². The number of nitro benzene ring substituents is 1. The number of para-hydroxylation sites is 3. The van der Waals surface area contributed by atoms with E-state index in [0.717, 1.165) is 23.0 Å². The van der Waals surface area contributed by atoms with Gasteiger partial charge >= 0.3 is 0 Å². The van der Waals surface area contributed by atoms with Crippen LogP contribution in [0.1, 0.15) is 12.5 Å². The summed E-state index contributed by atoms with van der Waals surface area (Å²) in [5, 5.41) is 23.9. The van der Waals surface area contributed by atoms with Crippen molar-refractivity contribution < 1.29 is 9.72 Å². The Hall–Kier alpha value is -3.92. The maximum Gasteiger partial charge on any atom is 0.292 e. The molecule has 27 heavy (non-hydrogen) atoms. The lowest BCUT2D eigenvalue weighted by Crippen LogP contribution is -2.14. The number of nitrogens with zero attached hydrogens (tertiary/aromatic N) is 3. The molecule has 1 N–H and O–H groups in total. The van der Waals surface area contributed by atoms with E-state index in [2.05, 4.69) is 5.32 Å². The molecular formula is C20H16N4O3. The average Bonchev–Trinajstić information content (AvgIpc) is 3.04. The highest BCUT2D eigenvalue weighted by atomic mass is 16.6. The molecule has 0 aliphatic carbocycles. The number of nitro groups is 1. The molecule has 1 heterocycles. The van der Waals surface area contributed by atoms with Crippen molar-refractivity contribution in [3.05, 3.63) is 76.0 Å². The van der Waals surface area contributed by atoms with E-state index in [9.17, 15) is 20.2 Å². The molecule has 134 valence electrons. The second-order valence-corrected chi connectivity index (χ2v) is 5.79. The van der Waals surface area contributed by atoms with Crippen LogP contribution >= 0.6 is 0 Å². The normalized spacial score (nSPS) is 11.2. The minimum Gasteiger partial charge on any atom is -0.347 e. The summed E-state index contributed by atoms with van der Waals surface area (Å²) in [7, 11) is 0. The first-order chi connectivity index (χ1) is 13.0. The Morgan fingerprint density at radius 1 is 1.26 bits per heavy atom. The van der Waals surface area contributed by atoms with Gasteiger partial charge in [0.2, 0.25) is 0 Å². The van der Waals surface area contributed by atoms with Gasteiger partial charge in [0.25, 0.3) is 11.6 Å². The Labute approximate surface area is 155 Å². The molecule has 7 heteroatoms. The number of carbonyl (C=O) groups excluding carboxylic acids is 1. The zero-order valence-corrected chi connectivity index (χ0v) is 14.5. The number of carbonyl (C=O) groups is 1. The first-order valence-electron chi connectivity index (χ1n) is 8.29. The molecule has 0 aliphatic rings. The van der Waals surface area contributed by atoms with E-state index in [-0.39, 0.29) is 16.9 Å². The first-order valence-corrected chi connectivity index (χ1v) is 8.29. The van der Waals surface area contributed by atoms with Crippen molar-refractivity contribution in [3.63, 3.8) is 0 Å². The number of nitrogens with one attached hydrogen (secondary N) is 1. The number of aryl methyl sites for hydroxylation is 1. The summed E-state index contributed by atoms with van der Waals surface area (Å²) in [4.78, 5) is 23.0. The molecule has 7 nitrogen and oxygen atoms in total. The molecule has 3 aromatic rings. The molecule has 1 amide bonds. The molecule has 0 radical (unpaired) electrons. The number of hydrogen-bond donors (Lipinski definition) is 1. The van der Waals surface area contributed by atoms with Gasteiger partial charge in [-0.25, -0.2) is 0 Å². The monoisotopic (exact) mass is 360 g/mol. The van der Waals surface area contributed by atoms with Gasteiger partial charge in [-0.3, -0.25) is 14.9 Å². The number of fused-ring (bicyclic) bond motifs is 1. The maximum atomic E-state index is 12.5. The highest BCUT2D eigenvalue weighted by Crippen LogP contribution is 2.26. The molecule has 0 aliphatic heterocycles. The largest absolute Gasteiger partial charge is 0.347 e. The maximum absolute atomic E-state index is 12.5. The quantitative estimate of drug-likeness (QED) is 0.320. The van der Waals surface area contributed by atoms with Crippen LogP contribution in [0.3, 0.4) is 0 Å². The summed E-state index contributed by atoms with van der Waals surface area (Å²) in [5.74, 6) is -0.694. The smallest absolute Gasteiger partial charge is 0.292 e. The number of nitriles is 1. The second-order valence-electron chi connectivity index (χ2n) is 5.79. The number of aromatic nitrogens is 1. The van der Waals surface area contributed by atoms with Crippen LogP contribution in [0.25, 0.3) is 17.0 Å². The molecule has 0 fully saturated rings. The summed E-state index contributed by atoms with van der Waals surface area (Å²) >= 11 is 0. The zero-order valence-electron chi connectivity index (χ0n) is 14.5. The highest BCUT2D eigenvalue weighted by Gasteiger charge is 2.18. The topological polar surface area (TPSA) is 101 Å². The minimum atomic E-state index is -0.694. The SMILES string of the molecule is CCn1cc(/C=C(\C#N)C(=O)Nc2ccccc2[N+](=O)[O-])c2ccccc21. The fraction of sp³-hybridized carbons (Fsp3) is 0.100. The molecule has 0 atom stereocenters. The van der Waals surface area contributed by atoms with E-state index in [1.54, 1.807) is 6.07 Å². The van der Waals surface area contributed by atoms with Gasteiger partial charge in [-0.15, -0.1) is 0 Å². The molecule has 2 aromatic carbocycles. The van der Waals surface area contributed by atoms with E-state index in [1.807, 2.05) is 48.0 Å². The molecule has 0 saturated heterocycles. The van der Waals surface area contributed by atoms with Crippen molar-refractivity contribution in [2.75, 3.05) is 5.32 Å². The standard InChI is InChI=1S/C20H16N4O3/c1-2-23-13-15(16-7-3-5-9-18(16)23)11-14(12-21)20(25)22-17-8-4-6-10-19(17)24(26)27/h3-11,13H,2H2,1H3,(H,22,25)/b14-11+. The van der Waals surface area contributed by atoms with Crippen LogP contribution in [0.5, 0.6) is 0 Å². The molecule has 0 bridgehead atoms. The van der Waals surface area contributed by atoms with Crippen LogP contribution < -0.4 is 5.32 Å². The second kappa shape index (κ2) is 7.54. The van der Waals surface area contributed by atoms with Crippen LogP contribution in [-0.4, -0.2) is 15.4 Å². The lowest BCUT2D eigenvalue weighted by atomic mass is 10.1. The van der Waals surface area contributed by atoms with Crippen LogP contribution in [-0.2, 0) is 11.3 Å². The Morgan fingerprint density at radius 3 is 2.67 bits per heavy atom. The van der Waals surface area contributed by atoms with Crippen LogP contribution in [0.4, 0.5) is 11.4 Å². The minimum absolute atomic E-state index is 0.0460. The number of benzene rings is 2. The average molecular weight is 360 g/mol. The third kappa shape index (κ3) is 3.55. The van der Waals surface area contributed by atoms with E-state index in [4.69, 9.17) is 0 Å². The fourth-order valence-corrected chi connectivity index (χ4v) is 2.88. The third-order valence-electron chi connectivity index (χ3n) is 4.17. The summed E-state index contributed by atoms with van der Waals surface area (Å²) in [6, 6.07) is 15.4. The number of amides is 1. The van der Waals surface area contributed by atoms with Gasteiger partial charge in [-0.05, 0) is 25.1 Å². The molecule has 1 aromatic heterocycles. The van der Waals surface area contributed by atoms with Crippen LogP contribution in [0.2, 0.25) is 0 Å². The summed E-state index contributed by atoms with van der Waals surface area (Å²) in [5.41, 5.74) is 1.42.